The van der Waals surface area contributed by atoms with Gasteiger partial charge in [0.25, 0.3) is 5.91 Å². The zero-order valence-electron chi connectivity index (χ0n) is 19.6. The smallest absolute Gasteiger partial charge is 0.333 e. The van der Waals surface area contributed by atoms with E-state index in [2.05, 4.69) is 15.5 Å². The van der Waals surface area contributed by atoms with Crippen molar-refractivity contribution in [2.45, 2.75) is 50.2 Å². The molecule has 7 heteroatoms. The first-order valence-corrected chi connectivity index (χ1v) is 11.3. The molecule has 1 atom stereocenters. The van der Waals surface area contributed by atoms with Crippen LogP contribution >= 0.6 is 0 Å². The van der Waals surface area contributed by atoms with Gasteiger partial charge in [0.15, 0.2) is 6.04 Å². The van der Waals surface area contributed by atoms with Gasteiger partial charge in [-0.05, 0) is 50.2 Å². The monoisotopic (exact) mass is 451 g/mol. The Kier molecular flexibility index (Phi) is 8.22. The van der Waals surface area contributed by atoms with Crippen LogP contribution in [-0.4, -0.2) is 49.4 Å². The summed E-state index contributed by atoms with van der Waals surface area (Å²) in [5.41, 5.74) is 1.17. The highest BCUT2D eigenvalue weighted by atomic mass is 16.5. The summed E-state index contributed by atoms with van der Waals surface area (Å²) in [6.07, 6.45) is 3.69. The predicted octanol–water partition coefficient (Wildman–Crippen LogP) is 3.21. The lowest BCUT2D eigenvalue weighted by Gasteiger charge is -2.37. The number of methoxy groups -OCH3 is 1. The number of nitrogens with zero attached hydrogens (tertiary/aromatic N) is 1. The molecule has 0 unspecified atom stereocenters. The van der Waals surface area contributed by atoms with Crippen molar-refractivity contribution >= 4 is 17.8 Å². The molecule has 2 aromatic carbocycles. The maximum atomic E-state index is 13.5. The number of ether oxygens (including phenoxy) is 1. The first-order valence-electron chi connectivity index (χ1n) is 11.3. The van der Waals surface area contributed by atoms with Crippen molar-refractivity contribution in [3.05, 3.63) is 71.3 Å². The van der Waals surface area contributed by atoms with Crippen LogP contribution in [0.3, 0.4) is 0 Å². The van der Waals surface area contributed by atoms with E-state index >= 15 is 0 Å². The minimum atomic E-state index is -1.07. The van der Waals surface area contributed by atoms with E-state index in [9.17, 15) is 14.4 Å². The molecule has 176 valence electrons. The van der Waals surface area contributed by atoms with Crippen molar-refractivity contribution in [2.24, 2.45) is 0 Å². The number of amides is 2. The summed E-state index contributed by atoms with van der Waals surface area (Å²) in [6, 6.07) is 15.4. The molecule has 2 N–H and O–H groups in total. The minimum Gasteiger partial charge on any atom is -0.467 e. The van der Waals surface area contributed by atoms with Crippen molar-refractivity contribution in [1.29, 1.82) is 0 Å². The number of esters is 1. The van der Waals surface area contributed by atoms with Crippen LogP contribution in [0.2, 0.25) is 0 Å². The standard InChI is InChI=1S/C26H33N3O4/c1-29(2)18-19-12-14-21(15-13-19)23(30)28-26(16-8-5-9-17-26)25(32)27-22(24(31)33-3)20-10-6-4-7-11-20/h4,6-7,10-15,22H,5,8-9,16-18H2,1-3H3,(H,27,32)(H,28,30)/t22-/m0/s1. The normalized spacial score (nSPS) is 16.0. The number of hydrogen-bond donors (Lipinski definition) is 2. The Morgan fingerprint density at radius 2 is 1.61 bits per heavy atom. The second-order valence-corrected chi connectivity index (χ2v) is 8.87. The van der Waals surface area contributed by atoms with Crippen LogP contribution in [0, 0.1) is 0 Å². The quantitative estimate of drug-likeness (QED) is 0.602. The van der Waals surface area contributed by atoms with Crippen molar-refractivity contribution in [3.8, 4) is 0 Å². The zero-order chi connectivity index (χ0) is 23.8. The Morgan fingerprint density at radius 3 is 2.18 bits per heavy atom. The molecule has 1 aliphatic carbocycles. The fraction of sp³-hybridized carbons (Fsp3) is 0.423. The fourth-order valence-electron chi connectivity index (χ4n) is 4.29. The maximum absolute atomic E-state index is 13.5. The third-order valence-corrected chi connectivity index (χ3v) is 6.05. The molecule has 0 bridgehead atoms. The number of nitrogens with one attached hydrogen (secondary N) is 2. The van der Waals surface area contributed by atoms with Crippen molar-refractivity contribution in [2.75, 3.05) is 21.2 Å². The Morgan fingerprint density at radius 1 is 0.970 bits per heavy atom. The van der Waals surface area contributed by atoms with E-state index in [1.54, 1.807) is 36.4 Å². The van der Waals surface area contributed by atoms with Crippen LogP contribution in [0.5, 0.6) is 0 Å². The Labute approximate surface area is 195 Å². The second kappa shape index (κ2) is 11.1. The number of carbonyl (C=O) groups excluding carboxylic acids is 3. The topological polar surface area (TPSA) is 87.7 Å². The van der Waals surface area contributed by atoms with Gasteiger partial charge in [0.1, 0.15) is 5.54 Å². The van der Waals surface area contributed by atoms with Gasteiger partial charge in [-0.3, -0.25) is 9.59 Å². The Balaban J connectivity index is 1.80. The summed E-state index contributed by atoms with van der Waals surface area (Å²) in [7, 11) is 5.27. The van der Waals surface area contributed by atoms with Crippen LogP contribution in [0.1, 0.15) is 59.6 Å². The average molecular weight is 452 g/mol. The van der Waals surface area contributed by atoms with Crippen LogP contribution < -0.4 is 10.6 Å². The molecule has 0 saturated heterocycles. The minimum absolute atomic E-state index is 0.294. The molecule has 0 aliphatic heterocycles. The molecule has 1 saturated carbocycles. The van der Waals surface area contributed by atoms with Crippen molar-refractivity contribution < 1.29 is 19.1 Å². The van der Waals surface area contributed by atoms with Gasteiger partial charge in [-0.1, -0.05) is 61.7 Å². The molecule has 1 fully saturated rings. The number of benzene rings is 2. The van der Waals surface area contributed by atoms with Crippen molar-refractivity contribution in [3.63, 3.8) is 0 Å². The van der Waals surface area contributed by atoms with Gasteiger partial charge < -0.3 is 20.3 Å². The first-order chi connectivity index (χ1) is 15.8. The molecule has 2 aromatic rings. The van der Waals surface area contributed by atoms with Crippen LogP contribution in [0.4, 0.5) is 0 Å². The van der Waals surface area contributed by atoms with E-state index in [1.165, 1.54) is 7.11 Å². The van der Waals surface area contributed by atoms with E-state index in [-0.39, 0.29) is 11.8 Å². The first kappa shape index (κ1) is 24.5. The van der Waals surface area contributed by atoms with Crippen LogP contribution in [0.25, 0.3) is 0 Å². The number of carbonyl (C=O) groups is 3. The lowest BCUT2D eigenvalue weighted by Crippen LogP contribution is -2.60. The zero-order valence-corrected chi connectivity index (χ0v) is 19.6. The van der Waals surface area contributed by atoms with Crippen molar-refractivity contribution in [1.82, 2.24) is 15.5 Å². The maximum Gasteiger partial charge on any atom is 0.333 e. The molecule has 0 aromatic heterocycles. The van der Waals surface area contributed by atoms with Gasteiger partial charge in [-0.2, -0.15) is 0 Å². The van der Waals surface area contributed by atoms with E-state index in [1.807, 2.05) is 32.3 Å². The fourth-order valence-corrected chi connectivity index (χ4v) is 4.29. The highest BCUT2D eigenvalue weighted by Crippen LogP contribution is 2.30. The van der Waals surface area contributed by atoms with Gasteiger partial charge in [-0.15, -0.1) is 0 Å². The summed E-state index contributed by atoms with van der Waals surface area (Å²) >= 11 is 0. The lowest BCUT2D eigenvalue weighted by atomic mass is 9.80. The van der Waals surface area contributed by atoms with Crippen LogP contribution in [-0.2, 0) is 20.9 Å². The van der Waals surface area contributed by atoms with E-state index in [4.69, 9.17) is 4.74 Å². The van der Waals surface area contributed by atoms with Gasteiger partial charge >= 0.3 is 5.97 Å². The third kappa shape index (κ3) is 6.20. The molecule has 2 amide bonds. The molecule has 1 aliphatic rings. The Hall–Kier alpha value is -3.19. The van der Waals surface area contributed by atoms with Crippen LogP contribution in [0.15, 0.2) is 54.6 Å². The summed E-state index contributed by atoms with van der Waals surface area (Å²) < 4.78 is 4.93. The SMILES string of the molecule is COC(=O)[C@@H](NC(=O)C1(NC(=O)c2ccc(CN(C)C)cc2)CCCCC1)c1ccccc1. The Bertz CT molecular complexity index is 951. The summed E-state index contributed by atoms with van der Waals surface area (Å²) in [5.74, 6) is -1.21. The van der Waals surface area contributed by atoms with E-state index in [0.717, 1.165) is 31.4 Å². The average Bonchev–Trinajstić information content (AvgIpc) is 2.83. The molecule has 0 spiro atoms. The number of rotatable bonds is 8. The van der Waals surface area contributed by atoms with Gasteiger partial charge in [0.2, 0.25) is 5.91 Å². The molecule has 7 nitrogen and oxygen atoms in total. The molecular formula is C26H33N3O4. The van der Waals surface area contributed by atoms with E-state index < -0.39 is 17.6 Å². The highest BCUT2D eigenvalue weighted by molar-refractivity contribution is 6.00. The summed E-state index contributed by atoms with van der Waals surface area (Å²) in [5, 5.41) is 5.86. The van der Waals surface area contributed by atoms with Gasteiger partial charge in [0, 0.05) is 12.1 Å². The molecule has 0 heterocycles. The highest BCUT2D eigenvalue weighted by Gasteiger charge is 2.42. The van der Waals surface area contributed by atoms with Gasteiger partial charge in [-0.25, -0.2) is 4.79 Å². The third-order valence-electron chi connectivity index (χ3n) is 6.05. The summed E-state index contributed by atoms with van der Waals surface area (Å²) in [6.45, 7) is 0.780. The second-order valence-electron chi connectivity index (χ2n) is 8.87. The largest absolute Gasteiger partial charge is 0.467 e. The van der Waals surface area contributed by atoms with E-state index in [0.29, 0.717) is 24.0 Å². The lowest BCUT2D eigenvalue weighted by molar-refractivity contribution is -0.146. The summed E-state index contributed by atoms with van der Waals surface area (Å²) in [4.78, 5) is 41.2. The van der Waals surface area contributed by atoms with Gasteiger partial charge in [0.05, 0.1) is 7.11 Å². The number of hydrogen-bond acceptors (Lipinski definition) is 5. The molecular weight excluding hydrogens is 418 g/mol. The predicted molar refractivity (Wildman–Crippen MR) is 126 cm³/mol. The molecule has 3 rings (SSSR count). The molecule has 33 heavy (non-hydrogen) atoms. The molecule has 0 radical (unpaired) electrons.